The van der Waals surface area contributed by atoms with Crippen molar-refractivity contribution in [3.05, 3.63) is 73.6 Å². The van der Waals surface area contributed by atoms with Crippen LogP contribution in [-0.4, -0.2) is 42.0 Å². The van der Waals surface area contributed by atoms with Gasteiger partial charge in [0.25, 0.3) is 11.8 Å². The molecule has 0 bridgehead atoms. The summed E-state index contributed by atoms with van der Waals surface area (Å²) < 4.78 is 15.2. The van der Waals surface area contributed by atoms with Crippen molar-refractivity contribution in [1.82, 2.24) is 5.32 Å². The Hall–Kier alpha value is -4.74. The predicted molar refractivity (Wildman–Crippen MR) is 107 cm³/mol. The van der Waals surface area contributed by atoms with E-state index in [-0.39, 0.29) is 33.6 Å². The Morgan fingerprint density at radius 2 is 1.69 bits per heavy atom. The van der Waals surface area contributed by atoms with Crippen LogP contribution in [0.2, 0.25) is 0 Å². The van der Waals surface area contributed by atoms with Crippen molar-refractivity contribution in [3.63, 3.8) is 0 Å². The molecule has 0 atom stereocenters. The Morgan fingerprint density at radius 1 is 1.03 bits per heavy atom. The molecule has 2 N–H and O–H groups in total. The summed E-state index contributed by atoms with van der Waals surface area (Å²) in [5.74, 6) is -3.88. The van der Waals surface area contributed by atoms with Crippen molar-refractivity contribution in [2.45, 2.75) is 0 Å². The van der Waals surface area contributed by atoms with Gasteiger partial charge in [-0.25, -0.2) is 9.59 Å². The van der Waals surface area contributed by atoms with Crippen LogP contribution in [0, 0.1) is 10.1 Å². The van der Waals surface area contributed by atoms with Crippen molar-refractivity contribution in [2.24, 2.45) is 0 Å². The summed E-state index contributed by atoms with van der Waals surface area (Å²) in [6, 6.07) is 6.92. The number of nitrogens with zero attached hydrogens (tertiary/aromatic N) is 1. The number of nitro benzene ring substituents is 1. The Bertz CT molecular complexity index is 1340. The average molecular weight is 442 g/mol. The van der Waals surface area contributed by atoms with Crippen LogP contribution in [0.5, 0.6) is 11.5 Å². The van der Waals surface area contributed by atoms with Crippen molar-refractivity contribution < 1.29 is 38.3 Å². The number of carboxylic acids is 1. The fourth-order valence-electron chi connectivity index (χ4n) is 2.92. The number of benzene rings is 2. The zero-order chi connectivity index (χ0) is 23.6. The van der Waals surface area contributed by atoms with E-state index < -0.39 is 39.6 Å². The zero-order valence-corrected chi connectivity index (χ0v) is 16.5. The summed E-state index contributed by atoms with van der Waals surface area (Å²) in [4.78, 5) is 58.9. The van der Waals surface area contributed by atoms with E-state index in [2.05, 4.69) is 0 Å². The normalized spacial score (nSPS) is 10.4. The number of aromatic carboxylic acids is 1. The van der Waals surface area contributed by atoms with Gasteiger partial charge in [0.05, 0.1) is 24.7 Å². The van der Waals surface area contributed by atoms with Gasteiger partial charge in [0, 0.05) is 17.0 Å². The van der Waals surface area contributed by atoms with Crippen molar-refractivity contribution in [2.75, 3.05) is 14.2 Å². The number of carbonyl (C=O) groups excluding carboxylic acids is 2. The molecule has 0 saturated carbocycles. The number of nitro groups is 1. The van der Waals surface area contributed by atoms with Gasteiger partial charge in [-0.2, -0.15) is 0 Å². The van der Waals surface area contributed by atoms with E-state index in [1.54, 1.807) is 0 Å². The summed E-state index contributed by atoms with van der Waals surface area (Å²) in [6.45, 7) is 0. The number of carboxylic acid groups (broad SMARTS) is 1. The topological polar surface area (TPSA) is 175 Å². The third-order valence-corrected chi connectivity index (χ3v) is 4.36. The molecule has 0 aliphatic rings. The molecule has 3 rings (SSSR count). The van der Waals surface area contributed by atoms with Gasteiger partial charge in [-0.15, -0.1) is 0 Å². The van der Waals surface area contributed by atoms with Gasteiger partial charge in [0.15, 0.2) is 5.58 Å². The van der Waals surface area contributed by atoms with Gasteiger partial charge in [0.2, 0.25) is 11.5 Å². The lowest BCUT2D eigenvalue weighted by Gasteiger charge is -2.11. The number of fused-ring (bicyclic) bond motifs is 1. The van der Waals surface area contributed by atoms with E-state index >= 15 is 0 Å². The quantitative estimate of drug-likeness (QED) is 0.248. The molecule has 3 aromatic rings. The number of amides is 2. The second kappa shape index (κ2) is 8.55. The maximum atomic E-state index is 12.5. The smallest absolute Gasteiger partial charge is 0.349 e. The van der Waals surface area contributed by atoms with E-state index in [1.807, 2.05) is 5.32 Å². The molecule has 0 aliphatic carbocycles. The molecule has 2 amide bonds. The van der Waals surface area contributed by atoms with Crippen molar-refractivity contribution in [1.29, 1.82) is 0 Å². The zero-order valence-electron chi connectivity index (χ0n) is 16.5. The predicted octanol–water partition coefficient (Wildman–Crippen LogP) is 1.99. The maximum Gasteiger partial charge on any atom is 0.349 e. The molecule has 1 aromatic heterocycles. The molecule has 0 radical (unpaired) electrons. The number of hydrogen-bond acceptors (Lipinski definition) is 9. The van der Waals surface area contributed by atoms with Gasteiger partial charge in [-0.3, -0.25) is 25.0 Å². The standard InChI is InChI=1S/C20H14N2O10/c1-30-15-13(22(28)29)8-11-7-12(20(27)32-14(11)16(15)31-2)18(24)21-17(23)9-4-3-5-10(6-9)19(25)26/h3-8H,1-2H3,(H,25,26)(H,21,23,24). The maximum absolute atomic E-state index is 12.5. The number of rotatable bonds is 6. The SMILES string of the molecule is COc1c([N+](=O)[O-])cc2cc(C(=O)NC(=O)c3cccc(C(=O)O)c3)c(=O)oc2c1OC. The third kappa shape index (κ3) is 3.96. The number of hydrogen-bond donors (Lipinski definition) is 2. The molecular weight excluding hydrogens is 428 g/mol. The molecule has 0 spiro atoms. The molecule has 1 heterocycles. The van der Waals surface area contributed by atoms with Gasteiger partial charge in [-0.1, -0.05) is 6.07 Å². The largest absolute Gasteiger partial charge is 0.490 e. The highest BCUT2D eigenvalue weighted by Gasteiger charge is 2.27. The van der Waals surface area contributed by atoms with Gasteiger partial charge >= 0.3 is 17.3 Å². The van der Waals surface area contributed by atoms with E-state index in [0.29, 0.717) is 0 Å². The van der Waals surface area contributed by atoms with Crippen LogP contribution in [0.1, 0.15) is 31.1 Å². The van der Waals surface area contributed by atoms with E-state index in [0.717, 1.165) is 18.2 Å². The molecule has 0 fully saturated rings. The molecule has 12 heteroatoms. The first-order valence-electron chi connectivity index (χ1n) is 8.74. The molecule has 0 saturated heterocycles. The second-order valence-corrected chi connectivity index (χ2v) is 6.25. The van der Waals surface area contributed by atoms with Gasteiger partial charge in [0.1, 0.15) is 5.56 Å². The van der Waals surface area contributed by atoms with Gasteiger partial charge < -0.3 is 19.0 Å². The Kier molecular flexibility index (Phi) is 5.87. The molecule has 0 unspecified atom stereocenters. The minimum absolute atomic E-state index is 0.0283. The summed E-state index contributed by atoms with van der Waals surface area (Å²) in [5, 5.41) is 22.3. The van der Waals surface area contributed by atoms with E-state index in [4.69, 9.17) is 19.0 Å². The molecule has 32 heavy (non-hydrogen) atoms. The first-order valence-corrected chi connectivity index (χ1v) is 8.74. The number of imide groups is 1. The number of methoxy groups -OCH3 is 2. The lowest BCUT2D eigenvalue weighted by atomic mass is 10.1. The van der Waals surface area contributed by atoms with Crippen LogP contribution in [0.15, 0.2) is 45.6 Å². The highest BCUT2D eigenvalue weighted by molar-refractivity contribution is 6.11. The lowest BCUT2D eigenvalue weighted by molar-refractivity contribution is -0.385. The van der Waals surface area contributed by atoms with Crippen LogP contribution in [0.4, 0.5) is 5.69 Å². The second-order valence-electron chi connectivity index (χ2n) is 6.25. The fourth-order valence-corrected chi connectivity index (χ4v) is 2.92. The molecular formula is C20H14N2O10. The third-order valence-electron chi connectivity index (χ3n) is 4.36. The number of nitrogens with one attached hydrogen (secondary N) is 1. The fraction of sp³-hybridized carbons (Fsp3) is 0.100. The monoisotopic (exact) mass is 442 g/mol. The van der Waals surface area contributed by atoms with Crippen LogP contribution in [0.25, 0.3) is 11.0 Å². The molecule has 12 nitrogen and oxygen atoms in total. The minimum Gasteiger partial charge on any atom is -0.490 e. The van der Waals surface area contributed by atoms with Crippen molar-refractivity contribution >= 4 is 34.4 Å². The summed E-state index contributed by atoms with van der Waals surface area (Å²) in [7, 11) is 2.35. The Labute approximate surface area is 178 Å². The van der Waals surface area contributed by atoms with Gasteiger partial charge in [-0.05, 0) is 24.3 Å². The lowest BCUT2D eigenvalue weighted by Crippen LogP contribution is -2.33. The molecule has 0 aliphatic heterocycles. The first kappa shape index (κ1) is 22.0. The first-order chi connectivity index (χ1) is 15.2. The Morgan fingerprint density at radius 3 is 2.28 bits per heavy atom. The molecule has 164 valence electrons. The summed E-state index contributed by atoms with van der Waals surface area (Å²) in [6.07, 6.45) is 0. The van der Waals surface area contributed by atoms with Crippen molar-refractivity contribution in [3.8, 4) is 11.5 Å². The van der Waals surface area contributed by atoms with E-state index in [1.165, 1.54) is 32.4 Å². The number of ether oxygens (including phenoxy) is 2. The van der Waals surface area contributed by atoms with Crippen LogP contribution in [-0.2, 0) is 0 Å². The average Bonchev–Trinajstić information content (AvgIpc) is 2.77. The minimum atomic E-state index is -1.27. The highest BCUT2D eigenvalue weighted by Crippen LogP contribution is 2.42. The Balaban J connectivity index is 2.04. The van der Waals surface area contributed by atoms with Crippen LogP contribution in [0.3, 0.4) is 0 Å². The van der Waals surface area contributed by atoms with E-state index in [9.17, 15) is 29.3 Å². The van der Waals surface area contributed by atoms with Crippen LogP contribution < -0.4 is 20.4 Å². The summed E-state index contributed by atoms with van der Waals surface area (Å²) in [5.41, 5.74) is -2.76. The molecule has 2 aromatic carbocycles. The highest BCUT2D eigenvalue weighted by atomic mass is 16.6. The van der Waals surface area contributed by atoms with Crippen LogP contribution >= 0.6 is 0 Å². The number of carbonyl (C=O) groups is 3. The summed E-state index contributed by atoms with van der Waals surface area (Å²) >= 11 is 0.